The van der Waals surface area contributed by atoms with Crippen molar-refractivity contribution in [3.63, 3.8) is 0 Å². The molecule has 0 aliphatic carbocycles. The molecule has 0 radical (unpaired) electrons. The highest BCUT2D eigenvalue weighted by Gasteiger charge is 2.04. The van der Waals surface area contributed by atoms with E-state index >= 15 is 0 Å². The fourth-order valence-corrected chi connectivity index (χ4v) is 1.03. The minimum Gasteiger partial charge on any atom is -0.375 e. The normalized spacial score (nSPS) is 10.1. The first kappa shape index (κ1) is 10.6. The second kappa shape index (κ2) is 5.31. The molecule has 5 nitrogen and oxygen atoms in total. The van der Waals surface area contributed by atoms with Gasteiger partial charge in [-0.2, -0.15) is 0 Å². The maximum absolute atomic E-state index is 10.4. The van der Waals surface area contributed by atoms with Crippen LogP contribution in [0.3, 0.4) is 0 Å². The Kier molecular flexibility index (Phi) is 4.03. The van der Waals surface area contributed by atoms with Crippen LogP contribution in [0.5, 0.6) is 0 Å². The van der Waals surface area contributed by atoms with E-state index in [1.165, 1.54) is 12.1 Å². The second-order valence-corrected chi connectivity index (χ2v) is 2.77. The molecule has 0 heterocycles. The smallest absolute Gasteiger partial charge is 0.269 e. The number of benzene rings is 1. The number of hydrogen-bond donors (Lipinski definition) is 1. The maximum atomic E-state index is 10.4. The Hall–Kier alpha value is -1.46. The lowest BCUT2D eigenvalue weighted by molar-refractivity contribution is -0.384. The predicted octanol–water partition coefficient (Wildman–Crippen LogP) is 1.07. The van der Waals surface area contributed by atoms with Crippen molar-refractivity contribution < 1.29 is 9.66 Å². The molecule has 2 N–H and O–H groups in total. The molecule has 0 amide bonds. The van der Waals surface area contributed by atoms with E-state index in [2.05, 4.69) is 0 Å². The minimum atomic E-state index is -0.424. The molecule has 1 aromatic carbocycles. The van der Waals surface area contributed by atoms with Gasteiger partial charge in [-0.3, -0.25) is 10.1 Å². The maximum Gasteiger partial charge on any atom is 0.269 e. The summed E-state index contributed by atoms with van der Waals surface area (Å²) in [7, 11) is 0. The zero-order valence-corrected chi connectivity index (χ0v) is 7.68. The molecule has 0 spiro atoms. The highest BCUT2D eigenvalue weighted by molar-refractivity contribution is 5.33. The lowest BCUT2D eigenvalue weighted by Crippen LogP contribution is -2.08. The Morgan fingerprint density at radius 2 is 2.29 bits per heavy atom. The summed E-state index contributed by atoms with van der Waals surface area (Å²) in [5, 5.41) is 10.4. The summed E-state index contributed by atoms with van der Waals surface area (Å²) in [6, 6.07) is 6.37. The Bertz CT molecular complexity index is 315. The first-order valence-electron chi connectivity index (χ1n) is 4.25. The van der Waals surface area contributed by atoms with Gasteiger partial charge in [0.15, 0.2) is 0 Å². The first-order chi connectivity index (χ1) is 6.74. The van der Waals surface area contributed by atoms with Crippen LogP contribution in [0, 0.1) is 10.1 Å². The van der Waals surface area contributed by atoms with E-state index in [1.807, 2.05) is 0 Å². The van der Waals surface area contributed by atoms with Crippen LogP contribution in [0.1, 0.15) is 5.56 Å². The van der Waals surface area contributed by atoms with E-state index in [-0.39, 0.29) is 5.69 Å². The molecule has 1 aromatic rings. The van der Waals surface area contributed by atoms with Crippen LogP contribution in [0.25, 0.3) is 0 Å². The van der Waals surface area contributed by atoms with Crippen LogP contribution in [0.2, 0.25) is 0 Å². The molecule has 0 fully saturated rings. The van der Waals surface area contributed by atoms with Crippen molar-refractivity contribution in [3.8, 4) is 0 Å². The Morgan fingerprint density at radius 1 is 1.50 bits per heavy atom. The predicted molar refractivity (Wildman–Crippen MR) is 51.8 cm³/mol. The molecule has 0 saturated carbocycles. The zero-order valence-electron chi connectivity index (χ0n) is 7.68. The number of non-ortho nitro benzene ring substituents is 1. The third kappa shape index (κ3) is 3.12. The van der Waals surface area contributed by atoms with Crippen molar-refractivity contribution in [3.05, 3.63) is 39.9 Å². The van der Waals surface area contributed by atoms with E-state index < -0.39 is 4.92 Å². The average Bonchev–Trinajstić information content (AvgIpc) is 2.19. The Labute approximate surface area is 81.6 Å². The van der Waals surface area contributed by atoms with Gasteiger partial charge in [0, 0.05) is 18.7 Å². The number of nitrogens with two attached hydrogens (primary N) is 1. The van der Waals surface area contributed by atoms with Crippen LogP contribution in [0.4, 0.5) is 5.69 Å². The Balaban J connectivity index is 2.59. The number of rotatable bonds is 5. The summed E-state index contributed by atoms with van der Waals surface area (Å²) in [5.41, 5.74) is 6.10. The van der Waals surface area contributed by atoms with Crippen molar-refractivity contribution >= 4 is 5.69 Å². The molecule has 14 heavy (non-hydrogen) atoms. The van der Waals surface area contributed by atoms with Gasteiger partial charge in [0.25, 0.3) is 5.69 Å². The van der Waals surface area contributed by atoms with Crippen molar-refractivity contribution in [2.75, 3.05) is 13.2 Å². The van der Waals surface area contributed by atoms with E-state index in [0.29, 0.717) is 19.8 Å². The standard InChI is InChI=1S/C9H12N2O3/c10-4-5-14-7-8-2-1-3-9(6-8)11(12)13/h1-3,6H,4-5,7,10H2. The van der Waals surface area contributed by atoms with Gasteiger partial charge in [-0.05, 0) is 5.56 Å². The monoisotopic (exact) mass is 196 g/mol. The summed E-state index contributed by atoms with van der Waals surface area (Å²) in [6.45, 7) is 1.27. The molecule has 0 atom stereocenters. The van der Waals surface area contributed by atoms with Crippen LogP contribution in [-0.2, 0) is 11.3 Å². The molecule has 0 unspecified atom stereocenters. The fraction of sp³-hybridized carbons (Fsp3) is 0.333. The quantitative estimate of drug-likeness (QED) is 0.434. The van der Waals surface area contributed by atoms with Crippen molar-refractivity contribution in [2.45, 2.75) is 6.61 Å². The van der Waals surface area contributed by atoms with E-state index in [0.717, 1.165) is 5.56 Å². The minimum absolute atomic E-state index is 0.0823. The first-order valence-corrected chi connectivity index (χ1v) is 4.25. The van der Waals surface area contributed by atoms with Crippen LogP contribution in [0.15, 0.2) is 24.3 Å². The van der Waals surface area contributed by atoms with Crippen LogP contribution < -0.4 is 5.73 Å². The van der Waals surface area contributed by atoms with Gasteiger partial charge in [-0.25, -0.2) is 0 Å². The van der Waals surface area contributed by atoms with Gasteiger partial charge in [0.2, 0.25) is 0 Å². The molecule has 0 saturated heterocycles. The number of hydrogen-bond acceptors (Lipinski definition) is 4. The highest BCUT2D eigenvalue weighted by atomic mass is 16.6. The van der Waals surface area contributed by atoms with Crippen molar-refractivity contribution in [2.24, 2.45) is 5.73 Å². The third-order valence-electron chi connectivity index (χ3n) is 1.65. The third-order valence-corrected chi connectivity index (χ3v) is 1.65. The second-order valence-electron chi connectivity index (χ2n) is 2.77. The van der Waals surface area contributed by atoms with Crippen molar-refractivity contribution in [1.82, 2.24) is 0 Å². The molecule has 0 aliphatic heterocycles. The SMILES string of the molecule is NCCOCc1cccc([N+](=O)[O-])c1. The van der Waals surface area contributed by atoms with Crippen LogP contribution >= 0.6 is 0 Å². The molecule has 0 aliphatic rings. The number of nitrogens with zero attached hydrogens (tertiary/aromatic N) is 1. The molecule has 76 valence electrons. The van der Waals surface area contributed by atoms with Gasteiger partial charge in [0.05, 0.1) is 18.1 Å². The summed E-state index contributed by atoms with van der Waals surface area (Å²) < 4.78 is 5.16. The molecule has 0 aromatic heterocycles. The summed E-state index contributed by atoms with van der Waals surface area (Å²) in [4.78, 5) is 10.0. The van der Waals surface area contributed by atoms with Crippen molar-refractivity contribution in [1.29, 1.82) is 0 Å². The topological polar surface area (TPSA) is 78.4 Å². The molecule has 1 rings (SSSR count). The number of nitro benzene ring substituents is 1. The van der Waals surface area contributed by atoms with Gasteiger partial charge in [-0.15, -0.1) is 0 Å². The average molecular weight is 196 g/mol. The largest absolute Gasteiger partial charge is 0.375 e. The number of nitro groups is 1. The highest BCUT2D eigenvalue weighted by Crippen LogP contribution is 2.13. The number of ether oxygens (including phenoxy) is 1. The lowest BCUT2D eigenvalue weighted by Gasteiger charge is -2.01. The molecule has 5 heteroatoms. The van der Waals surface area contributed by atoms with Gasteiger partial charge < -0.3 is 10.5 Å². The van der Waals surface area contributed by atoms with E-state index in [1.54, 1.807) is 12.1 Å². The van der Waals surface area contributed by atoms with Gasteiger partial charge in [0.1, 0.15) is 0 Å². The summed E-state index contributed by atoms with van der Waals surface area (Å²) in [6.07, 6.45) is 0. The molecule has 0 bridgehead atoms. The van der Waals surface area contributed by atoms with E-state index in [4.69, 9.17) is 10.5 Å². The fourth-order valence-electron chi connectivity index (χ4n) is 1.03. The summed E-state index contributed by atoms with van der Waals surface area (Å²) in [5.74, 6) is 0. The van der Waals surface area contributed by atoms with Crippen LogP contribution in [-0.4, -0.2) is 18.1 Å². The van der Waals surface area contributed by atoms with Gasteiger partial charge in [-0.1, -0.05) is 12.1 Å². The zero-order chi connectivity index (χ0) is 10.4. The molecular weight excluding hydrogens is 184 g/mol. The van der Waals surface area contributed by atoms with E-state index in [9.17, 15) is 10.1 Å². The summed E-state index contributed by atoms with van der Waals surface area (Å²) >= 11 is 0. The molecular formula is C9H12N2O3. The lowest BCUT2D eigenvalue weighted by atomic mass is 10.2. The van der Waals surface area contributed by atoms with Gasteiger partial charge >= 0.3 is 0 Å². The Morgan fingerprint density at radius 3 is 2.93 bits per heavy atom.